The van der Waals surface area contributed by atoms with Crippen molar-refractivity contribution in [3.8, 4) is 0 Å². The highest BCUT2D eigenvalue weighted by Gasteiger charge is 2.23. The van der Waals surface area contributed by atoms with Crippen molar-refractivity contribution in [2.45, 2.75) is 12.5 Å². The van der Waals surface area contributed by atoms with E-state index in [4.69, 9.17) is 0 Å². The zero-order chi connectivity index (χ0) is 13.8. The van der Waals surface area contributed by atoms with Gasteiger partial charge < -0.3 is 15.2 Å². The largest absolute Gasteiger partial charge is 0.481 e. The number of carboxylic acid groups (broad SMARTS) is 1. The third kappa shape index (κ3) is 2.95. The van der Waals surface area contributed by atoms with Gasteiger partial charge in [0, 0.05) is 0 Å². The Labute approximate surface area is 108 Å². The molecule has 1 unspecified atom stereocenters. The lowest BCUT2D eigenvalue weighted by atomic mass is 9.99. The van der Waals surface area contributed by atoms with Crippen LogP contribution >= 0.6 is 0 Å². The average molecular weight is 261 g/mol. The van der Waals surface area contributed by atoms with E-state index in [0.29, 0.717) is 5.56 Å². The fourth-order valence-corrected chi connectivity index (χ4v) is 1.75. The summed E-state index contributed by atoms with van der Waals surface area (Å²) in [5.74, 6) is -2.08. The minimum absolute atomic E-state index is 0.0488. The molecule has 0 saturated heterocycles. The third-order valence-electron chi connectivity index (χ3n) is 2.68. The first-order valence-corrected chi connectivity index (χ1v) is 5.53. The van der Waals surface area contributed by atoms with Crippen LogP contribution in [0, 0.1) is 10.1 Å². The van der Waals surface area contributed by atoms with Gasteiger partial charge in [-0.25, -0.2) is 0 Å². The number of hydrogen-bond acceptors (Lipinski definition) is 4. The molecule has 0 amide bonds. The normalized spacial score (nSPS) is 12.0. The van der Waals surface area contributed by atoms with E-state index in [9.17, 15) is 20.0 Å². The van der Waals surface area contributed by atoms with Gasteiger partial charge in [0.1, 0.15) is 5.92 Å². The highest BCUT2D eigenvalue weighted by molar-refractivity contribution is 5.75. The third-order valence-corrected chi connectivity index (χ3v) is 2.68. The molecule has 0 bridgehead atoms. The number of nitrogens with zero attached hydrogens (tertiary/aromatic N) is 3. The molecule has 0 aliphatic heterocycles. The van der Waals surface area contributed by atoms with Crippen LogP contribution in [0.2, 0.25) is 0 Å². The summed E-state index contributed by atoms with van der Waals surface area (Å²) >= 11 is 0. The van der Waals surface area contributed by atoms with E-state index >= 15 is 0 Å². The van der Waals surface area contributed by atoms with Gasteiger partial charge in [-0.05, 0) is 10.5 Å². The predicted octanol–water partition coefficient (Wildman–Crippen LogP) is 1.66. The molecule has 2 aromatic rings. The summed E-state index contributed by atoms with van der Waals surface area (Å²) in [7, 11) is 0. The van der Waals surface area contributed by atoms with E-state index in [2.05, 4.69) is 5.10 Å². The molecule has 0 fully saturated rings. The standard InChI is InChI=1S/C12H11N3O4/c16-12(17)10(9-4-2-1-3-5-9)8-14-7-6-11(13-14)15(18)19/h1-7,10H,8H2,(H,16,17). The summed E-state index contributed by atoms with van der Waals surface area (Å²) in [6.07, 6.45) is 1.40. The van der Waals surface area contributed by atoms with E-state index in [1.165, 1.54) is 16.9 Å². The van der Waals surface area contributed by atoms with Gasteiger partial charge in [0.05, 0.1) is 23.9 Å². The fourth-order valence-electron chi connectivity index (χ4n) is 1.75. The second-order valence-corrected chi connectivity index (χ2v) is 3.95. The molecule has 19 heavy (non-hydrogen) atoms. The first-order chi connectivity index (χ1) is 9.08. The Kier molecular flexibility index (Phi) is 3.56. The molecule has 0 radical (unpaired) electrons. The predicted molar refractivity (Wildman–Crippen MR) is 65.7 cm³/mol. The number of rotatable bonds is 5. The number of carbonyl (C=O) groups is 1. The lowest BCUT2D eigenvalue weighted by molar-refractivity contribution is -0.389. The molecular weight excluding hydrogens is 250 g/mol. The number of aliphatic carboxylic acids is 1. The van der Waals surface area contributed by atoms with Gasteiger partial charge in [-0.1, -0.05) is 30.3 Å². The number of benzene rings is 1. The van der Waals surface area contributed by atoms with Crippen LogP contribution in [0.25, 0.3) is 0 Å². The molecule has 2 rings (SSSR count). The SMILES string of the molecule is O=C(O)C(Cn1ccc([N+](=O)[O-])n1)c1ccccc1. The number of carboxylic acids is 1. The fraction of sp³-hybridized carbons (Fsp3) is 0.167. The van der Waals surface area contributed by atoms with Crippen molar-refractivity contribution in [2.24, 2.45) is 0 Å². The van der Waals surface area contributed by atoms with Crippen LogP contribution in [-0.2, 0) is 11.3 Å². The van der Waals surface area contributed by atoms with Gasteiger partial charge in [0.25, 0.3) is 0 Å². The topological polar surface area (TPSA) is 98.3 Å². The van der Waals surface area contributed by atoms with Crippen molar-refractivity contribution in [1.29, 1.82) is 0 Å². The average Bonchev–Trinajstić information content (AvgIpc) is 2.85. The summed E-state index contributed by atoms with van der Waals surface area (Å²) in [6.45, 7) is 0.0488. The van der Waals surface area contributed by atoms with Crippen LogP contribution in [0.5, 0.6) is 0 Å². The highest BCUT2D eigenvalue weighted by Crippen LogP contribution is 2.18. The zero-order valence-corrected chi connectivity index (χ0v) is 9.84. The van der Waals surface area contributed by atoms with Crippen LogP contribution in [0.3, 0.4) is 0 Å². The lowest BCUT2D eigenvalue weighted by Gasteiger charge is -2.10. The quantitative estimate of drug-likeness (QED) is 0.651. The monoisotopic (exact) mass is 261 g/mol. The number of hydrogen-bond donors (Lipinski definition) is 1. The van der Waals surface area contributed by atoms with E-state index in [-0.39, 0.29) is 12.4 Å². The lowest BCUT2D eigenvalue weighted by Crippen LogP contribution is -2.18. The summed E-state index contributed by atoms with van der Waals surface area (Å²) in [4.78, 5) is 21.2. The molecule has 1 aromatic heterocycles. The van der Waals surface area contributed by atoms with Crippen LogP contribution in [-0.4, -0.2) is 25.8 Å². The Morgan fingerprint density at radius 3 is 2.58 bits per heavy atom. The molecule has 1 heterocycles. The molecule has 1 aromatic carbocycles. The molecular formula is C12H11N3O4. The summed E-state index contributed by atoms with van der Waals surface area (Å²) in [6, 6.07) is 9.94. The van der Waals surface area contributed by atoms with Crippen molar-refractivity contribution in [3.63, 3.8) is 0 Å². The van der Waals surface area contributed by atoms with Crippen molar-refractivity contribution in [3.05, 3.63) is 58.3 Å². The summed E-state index contributed by atoms with van der Waals surface area (Å²) in [5, 5.41) is 23.5. The summed E-state index contributed by atoms with van der Waals surface area (Å²) in [5.41, 5.74) is 0.633. The molecule has 0 saturated carbocycles. The minimum atomic E-state index is -0.996. The Balaban J connectivity index is 2.22. The zero-order valence-electron chi connectivity index (χ0n) is 9.84. The molecule has 0 spiro atoms. The van der Waals surface area contributed by atoms with Gasteiger partial charge in [0.2, 0.25) is 0 Å². The Hall–Kier alpha value is -2.70. The molecule has 1 atom stereocenters. The smallest absolute Gasteiger partial charge is 0.389 e. The second-order valence-electron chi connectivity index (χ2n) is 3.95. The molecule has 0 aliphatic carbocycles. The van der Waals surface area contributed by atoms with Gasteiger partial charge in [-0.2, -0.15) is 4.68 Å². The Morgan fingerprint density at radius 2 is 2.05 bits per heavy atom. The second kappa shape index (κ2) is 5.30. The number of nitro groups is 1. The first kappa shape index (κ1) is 12.7. The molecule has 1 N–H and O–H groups in total. The van der Waals surface area contributed by atoms with Gasteiger partial charge >= 0.3 is 11.8 Å². The molecule has 7 nitrogen and oxygen atoms in total. The summed E-state index contributed by atoms with van der Waals surface area (Å²) < 4.78 is 1.27. The Morgan fingerprint density at radius 1 is 1.37 bits per heavy atom. The van der Waals surface area contributed by atoms with Crippen LogP contribution in [0.1, 0.15) is 11.5 Å². The maximum Gasteiger partial charge on any atom is 0.389 e. The minimum Gasteiger partial charge on any atom is -0.481 e. The maximum atomic E-state index is 11.3. The Bertz CT molecular complexity index is 594. The molecule has 7 heteroatoms. The van der Waals surface area contributed by atoms with E-state index in [0.717, 1.165) is 0 Å². The van der Waals surface area contributed by atoms with Crippen LogP contribution in [0.15, 0.2) is 42.6 Å². The molecule has 0 aliphatic rings. The van der Waals surface area contributed by atoms with E-state index in [1.54, 1.807) is 30.3 Å². The van der Waals surface area contributed by atoms with Gasteiger partial charge in [0.15, 0.2) is 0 Å². The van der Waals surface area contributed by atoms with Gasteiger partial charge in [-0.3, -0.25) is 4.79 Å². The maximum absolute atomic E-state index is 11.3. The van der Waals surface area contributed by atoms with Crippen molar-refractivity contribution in [2.75, 3.05) is 0 Å². The van der Waals surface area contributed by atoms with Crippen molar-refractivity contribution < 1.29 is 14.8 Å². The van der Waals surface area contributed by atoms with Crippen molar-refractivity contribution >= 4 is 11.8 Å². The van der Waals surface area contributed by atoms with E-state index in [1.807, 2.05) is 0 Å². The van der Waals surface area contributed by atoms with E-state index < -0.39 is 16.8 Å². The van der Waals surface area contributed by atoms with Crippen LogP contribution < -0.4 is 0 Å². The number of aromatic nitrogens is 2. The van der Waals surface area contributed by atoms with Crippen molar-refractivity contribution in [1.82, 2.24) is 9.78 Å². The molecule has 98 valence electrons. The van der Waals surface area contributed by atoms with Crippen LogP contribution in [0.4, 0.5) is 5.82 Å². The van der Waals surface area contributed by atoms with Gasteiger partial charge in [-0.15, -0.1) is 0 Å². The highest BCUT2D eigenvalue weighted by atomic mass is 16.6. The first-order valence-electron chi connectivity index (χ1n) is 5.53.